The van der Waals surface area contributed by atoms with Crippen molar-refractivity contribution >= 4 is 15.9 Å². The van der Waals surface area contributed by atoms with Crippen molar-refractivity contribution < 1.29 is 17.9 Å². The van der Waals surface area contributed by atoms with Crippen molar-refractivity contribution in [1.82, 2.24) is 21.1 Å². The van der Waals surface area contributed by atoms with Crippen LogP contribution in [0.15, 0.2) is 0 Å². The van der Waals surface area contributed by atoms with Gasteiger partial charge in [0, 0.05) is 23.5 Å². The Balaban J connectivity index is 1.56. The van der Waals surface area contributed by atoms with Crippen LogP contribution < -0.4 is 21.9 Å². The van der Waals surface area contributed by atoms with Crippen LogP contribution in [0.2, 0.25) is 0 Å². The molecule has 0 aromatic heterocycles. The van der Waals surface area contributed by atoms with Gasteiger partial charge < -0.3 is 10.5 Å². The Labute approximate surface area is 172 Å². The normalized spacial score (nSPS) is 46.2. The lowest BCUT2D eigenvalue weighted by atomic mass is 9.93. The maximum atomic E-state index is 13.6. The van der Waals surface area contributed by atoms with Gasteiger partial charge in [-0.15, -0.1) is 0 Å². The minimum Gasteiger partial charge on any atom is -0.340 e. The van der Waals surface area contributed by atoms with Gasteiger partial charge in [0.05, 0.1) is 18.1 Å². The lowest BCUT2D eigenvalue weighted by Gasteiger charge is -2.46. The second-order valence-corrected chi connectivity index (χ2v) is 9.81. The molecule has 6 nitrogen and oxygen atoms in total. The number of hydrazine groups is 1. The minimum absolute atomic E-state index is 0.0835. The first-order valence-electron chi connectivity index (χ1n) is 10.5. The molecule has 8 atom stereocenters. The summed E-state index contributed by atoms with van der Waals surface area (Å²) in [5.41, 5.74) is 12.1. The highest BCUT2D eigenvalue weighted by molar-refractivity contribution is 9.09. The third kappa shape index (κ3) is 4.38. The van der Waals surface area contributed by atoms with Gasteiger partial charge in [0.25, 0.3) is 0 Å². The van der Waals surface area contributed by atoms with Gasteiger partial charge in [-0.3, -0.25) is 10.2 Å². The molecule has 28 heavy (non-hydrogen) atoms. The van der Waals surface area contributed by atoms with Gasteiger partial charge in [0.2, 0.25) is 0 Å². The van der Waals surface area contributed by atoms with E-state index in [1.165, 1.54) is 0 Å². The van der Waals surface area contributed by atoms with Crippen molar-refractivity contribution in [3.05, 3.63) is 0 Å². The summed E-state index contributed by atoms with van der Waals surface area (Å²) in [5.74, 6) is -1.52. The Morgan fingerprint density at radius 3 is 2.50 bits per heavy atom. The van der Waals surface area contributed by atoms with E-state index in [2.05, 4.69) is 37.0 Å². The molecule has 0 aromatic rings. The fourth-order valence-corrected chi connectivity index (χ4v) is 6.17. The van der Waals surface area contributed by atoms with Crippen LogP contribution in [-0.2, 0) is 4.74 Å². The summed E-state index contributed by atoms with van der Waals surface area (Å²) in [6.45, 7) is 1.04. The van der Waals surface area contributed by atoms with Gasteiger partial charge in [-0.2, -0.15) is 13.2 Å². The zero-order valence-corrected chi connectivity index (χ0v) is 17.5. The number of ether oxygens (including phenoxy) is 1. The molecule has 0 aromatic carbocycles. The van der Waals surface area contributed by atoms with E-state index in [4.69, 9.17) is 10.5 Å². The van der Waals surface area contributed by atoms with E-state index in [0.29, 0.717) is 12.5 Å². The molecular weight excluding hydrogens is 439 g/mol. The van der Waals surface area contributed by atoms with Crippen LogP contribution >= 0.6 is 15.9 Å². The minimum atomic E-state index is -4.29. The quantitative estimate of drug-likeness (QED) is 0.407. The number of nitrogens with zero attached hydrogens (tertiary/aromatic N) is 1. The van der Waals surface area contributed by atoms with Crippen molar-refractivity contribution in [2.45, 2.75) is 99.1 Å². The second kappa shape index (κ2) is 8.64. The molecule has 4 aliphatic heterocycles. The number of nitrogens with one attached hydrogen (secondary N) is 3. The van der Waals surface area contributed by atoms with Gasteiger partial charge in [-0.1, -0.05) is 35.2 Å². The summed E-state index contributed by atoms with van der Waals surface area (Å²) >= 11 is 3.80. The molecule has 10 heteroatoms. The topological polar surface area (TPSA) is 74.6 Å². The van der Waals surface area contributed by atoms with Gasteiger partial charge in [-0.25, -0.2) is 10.9 Å². The number of halogens is 4. The zero-order valence-electron chi connectivity index (χ0n) is 15.9. The largest absolute Gasteiger partial charge is 0.395 e. The van der Waals surface area contributed by atoms with E-state index in [9.17, 15) is 13.2 Å². The van der Waals surface area contributed by atoms with Gasteiger partial charge in [-0.05, 0) is 32.1 Å². The first-order valence-corrected chi connectivity index (χ1v) is 11.4. The highest BCUT2D eigenvalue weighted by Crippen LogP contribution is 2.37. The summed E-state index contributed by atoms with van der Waals surface area (Å²) in [4.78, 5) is 2.74. The molecule has 4 saturated heterocycles. The number of hydrogen-bond acceptors (Lipinski definition) is 6. The van der Waals surface area contributed by atoms with Crippen molar-refractivity contribution in [2.75, 3.05) is 6.54 Å². The lowest BCUT2D eigenvalue weighted by Crippen LogP contribution is -2.69. The third-order valence-electron chi connectivity index (χ3n) is 6.77. The van der Waals surface area contributed by atoms with Gasteiger partial charge in [0.1, 0.15) is 12.5 Å². The number of alkyl halides is 4. The van der Waals surface area contributed by atoms with Crippen LogP contribution in [0.1, 0.15) is 51.4 Å². The Kier molecular flexibility index (Phi) is 6.57. The molecule has 4 bridgehead atoms. The summed E-state index contributed by atoms with van der Waals surface area (Å²) in [7, 11) is 0. The summed E-state index contributed by atoms with van der Waals surface area (Å²) in [5, 5.41) is 3.60. The zero-order chi connectivity index (χ0) is 19.9. The van der Waals surface area contributed by atoms with Crippen molar-refractivity contribution in [1.29, 1.82) is 0 Å². The lowest BCUT2D eigenvalue weighted by molar-refractivity contribution is -0.211. The Bertz CT molecular complexity index is 542. The molecule has 4 fully saturated rings. The number of fused-ring (bicyclic) bond motifs is 7. The average Bonchev–Trinajstić information content (AvgIpc) is 3.26. The number of hydrogen-bond donors (Lipinski definition) is 4. The van der Waals surface area contributed by atoms with E-state index in [-0.39, 0.29) is 29.5 Å². The van der Waals surface area contributed by atoms with Crippen molar-refractivity contribution in [2.24, 2.45) is 11.7 Å². The number of rotatable bonds is 0. The number of piperidine rings is 1. The van der Waals surface area contributed by atoms with Gasteiger partial charge in [0.15, 0.2) is 0 Å². The highest BCUT2D eigenvalue weighted by atomic mass is 79.9. The van der Waals surface area contributed by atoms with Crippen LogP contribution in [-0.4, -0.2) is 59.2 Å². The van der Waals surface area contributed by atoms with E-state index >= 15 is 0 Å². The summed E-state index contributed by atoms with van der Waals surface area (Å²) < 4.78 is 46.7. The molecular formula is C18H31BrF3N5O. The molecule has 0 aliphatic carbocycles. The van der Waals surface area contributed by atoms with Crippen LogP contribution in [0.5, 0.6) is 0 Å². The molecule has 0 radical (unpaired) electrons. The maximum absolute atomic E-state index is 13.6. The van der Waals surface area contributed by atoms with E-state index in [1.807, 2.05) is 0 Å². The molecule has 0 amide bonds. The Morgan fingerprint density at radius 2 is 1.71 bits per heavy atom. The number of nitrogens with two attached hydrogens (primary N) is 1. The van der Waals surface area contributed by atoms with Crippen molar-refractivity contribution in [3.63, 3.8) is 0 Å². The van der Waals surface area contributed by atoms with Crippen LogP contribution in [0.3, 0.4) is 0 Å². The predicted molar refractivity (Wildman–Crippen MR) is 103 cm³/mol. The molecule has 7 unspecified atom stereocenters. The molecule has 0 saturated carbocycles. The molecule has 4 aliphatic rings. The SMILES string of the molecule is NC1CC(Br)C2NC1C1NNC(O1)C(C(F)(F)F)CCCCC[C@H]1CCCN21. The standard InChI is InChI=1S/C18H31BrF3N5O/c19-12-9-13(23)14-17-26-25-16(28-17)11(18(20,21)22)7-3-1-2-5-10-6-4-8-27(10)15(12)24-14/h10-17,24-26H,1-9,23H2/t10-,11?,12?,13?,14?,15?,16?,17?/m0/s1. The second-order valence-electron chi connectivity index (χ2n) is 8.64. The molecule has 0 spiro atoms. The van der Waals surface area contributed by atoms with Crippen LogP contribution in [0.4, 0.5) is 13.2 Å². The Morgan fingerprint density at radius 1 is 1.00 bits per heavy atom. The first-order chi connectivity index (χ1) is 13.3. The maximum Gasteiger partial charge on any atom is 0.395 e. The molecule has 162 valence electrons. The summed E-state index contributed by atoms with van der Waals surface area (Å²) in [6, 6.07) is 0.0172. The highest BCUT2D eigenvalue weighted by Gasteiger charge is 2.50. The first kappa shape index (κ1) is 21.3. The molecule has 5 N–H and O–H groups in total. The smallest absolute Gasteiger partial charge is 0.340 e. The monoisotopic (exact) mass is 469 g/mol. The van der Waals surface area contributed by atoms with Crippen LogP contribution in [0.25, 0.3) is 0 Å². The fourth-order valence-electron chi connectivity index (χ4n) is 5.28. The van der Waals surface area contributed by atoms with E-state index < -0.39 is 24.6 Å². The van der Waals surface area contributed by atoms with Gasteiger partial charge >= 0.3 is 6.18 Å². The summed E-state index contributed by atoms with van der Waals surface area (Å²) in [6.07, 6.45) is 0.706. The van der Waals surface area contributed by atoms with Crippen molar-refractivity contribution in [3.8, 4) is 0 Å². The molecule has 4 heterocycles. The molecule has 4 rings (SSSR count). The van der Waals surface area contributed by atoms with E-state index in [1.54, 1.807) is 0 Å². The predicted octanol–water partition coefficient (Wildman–Crippen LogP) is 2.15. The van der Waals surface area contributed by atoms with E-state index in [0.717, 1.165) is 45.1 Å². The fraction of sp³-hybridized carbons (Fsp3) is 1.00. The Hall–Kier alpha value is 0.0300. The average molecular weight is 470 g/mol. The third-order valence-corrected chi connectivity index (χ3v) is 7.64. The van der Waals surface area contributed by atoms with Crippen LogP contribution in [0, 0.1) is 5.92 Å².